The Bertz CT molecular complexity index is 505. The molecule has 2 rings (SSSR count). The van der Waals surface area contributed by atoms with Crippen LogP contribution < -0.4 is 15.4 Å². The van der Waals surface area contributed by atoms with Crippen LogP contribution >= 0.6 is 0 Å². The van der Waals surface area contributed by atoms with E-state index in [1.165, 1.54) is 7.11 Å². The minimum Gasteiger partial charge on any atom is -0.467 e. The third kappa shape index (κ3) is 2.84. The molecule has 0 saturated carbocycles. The summed E-state index contributed by atoms with van der Waals surface area (Å²) in [5.41, 5.74) is 0.776. The van der Waals surface area contributed by atoms with Gasteiger partial charge < -0.3 is 19.9 Å². The highest BCUT2D eigenvalue weighted by Gasteiger charge is 2.06. The maximum Gasteiger partial charge on any atom is 0.322 e. The maximum absolute atomic E-state index is 4.98. The predicted octanol–water partition coefficient (Wildman–Crippen LogP) is 0.830. The van der Waals surface area contributed by atoms with E-state index in [9.17, 15) is 0 Å². The lowest BCUT2D eigenvalue weighted by molar-refractivity contribution is 0.379. The molecule has 0 aliphatic heterocycles. The van der Waals surface area contributed by atoms with Crippen LogP contribution in [0.25, 0.3) is 0 Å². The van der Waals surface area contributed by atoms with Gasteiger partial charge in [0.25, 0.3) is 0 Å². The predicted molar refractivity (Wildman–Crippen MR) is 64.5 cm³/mol. The van der Waals surface area contributed by atoms with Crippen LogP contribution in [0.5, 0.6) is 6.01 Å². The quantitative estimate of drug-likeness (QED) is 0.805. The Morgan fingerprint density at radius 3 is 2.67 bits per heavy atom. The normalized spacial score (nSPS) is 10.2. The number of aromatic nitrogens is 4. The molecule has 8 nitrogen and oxygen atoms in total. The van der Waals surface area contributed by atoms with Gasteiger partial charge in [-0.25, -0.2) is 0 Å². The molecule has 0 atom stereocenters. The highest BCUT2D eigenvalue weighted by atomic mass is 16.5. The van der Waals surface area contributed by atoms with Crippen LogP contribution in [0.1, 0.15) is 11.5 Å². The molecule has 0 bridgehead atoms. The topological polar surface area (TPSA) is 98.0 Å². The highest BCUT2D eigenvalue weighted by Crippen LogP contribution is 2.11. The largest absolute Gasteiger partial charge is 0.467 e. The number of anilines is 2. The fourth-order valence-corrected chi connectivity index (χ4v) is 1.31. The minimum absolute atomic E-state index is 0.244. The molecule has 0 aliphatic rings. The van der Waals surface area contributed by atoms with E-state index in [1.54, 1.807) is 7.05 Å². The van der Waals surface area contributed by atoms with Gasteiger partial charge in [0.05, 0.1) is 13.7 Å². The lowest BCUT2D eigenvalue weighted by Crippen LogP contribution is -2.08. The fraction of sp³-hybridized carbons (Fsp3) is 0.400. The van der Waals surface area contributed by atoms with Crippen molar-refractivity contribution in [3.8, 4) is 6.01 Å². The van der Waals surface area contributed by atoms with Gasteiger partial charge in [-0.05, 0) is 6.92 Å². The third-order valence-corrected chi connectivity index (χ3v) is 2.13. The van der Waals surface area contributed by atoms with Crippen molar-refractivity contribution in [1.29, 1.82) is 0 Å². The van der Waals surface area contributed by atoms with Gasteiger partial charge in [-0.2, -0.15) is 15.0 Å². The van der Waals surface area contributed by atoms with Crippen molar-refractivity contribution in [2.75, 3.05) is 24.8 Å². The molecule has 0 aliphatic carbocycles. The van der Waals surface area contributed by atoms with Gasteiger partial charge in [0.15, 0.2) is 0 Å². The number of rotatable bonds is 5. The standard InChI is InChI=1S/C10H14N6O2/c1-6-4-7(16-18-6)5-12-9-13-8(11-2)14-10(15-9)17-3/h4H,5H2,1-3H3,(H2,11,12,13,14,15). The number of hydrogen-bond donors (Lipinski definition) is 2. The molecule has 0 unspecified atom stereocenters. The van der Waals surface area contributed by atoms with Crippen LogP contribution in [0.15, 0.2) is 10.6 Å². The second-order valence-electron chi connectivity index (χ2n) is 3.50. The zero-order valence-electron chi connectivity index (χ0n) is 10.4. The van der Waals surface area contributed by atoms with Crippen molar-refractivity contribution < 1.29 is 9.26 Å². The molecule has 96 valence electrons. The Hall–Kier alpha value is -2.38. The van der Waals surface area contributed by atoms with Gasteiger partial charge in [0, 0.05) is 13.1 Å². The molecule has 2 heterocycles. The minimum atomic E-state index is 0.244. The number of hydrogen-bond acceptors (Lipinski definition) is 8. The van der Waals surface area contributed by atoms with Gasteiger partial charge in [-0.3, -0.25) is 0 Å². The summed E-state index contributed by atoms with van der Waals surface area (Å²) in [4.78, 5) is 12.2. The summed E-state index contributed by atoms with van der Waals surface area (Å²) in [5, 5.41) is 9.71. The lowest BCUT2D eigenvalue weighted by atomic mass is 10.4. The number of nitrogens with zero attached hydrogens (tertiary/aromatic N) is 4. The summed E-state index contributed by atoms with van der Waals surface area (Å²) in [6.07, 6.45) is 0. The first kappa shape index (κ1) is 12.1. The van der Waals surface area contributed by atoms with E-state index >= 15 is 0 Å². The van der Waals surface area contributed by atoms with Crippen LogP contribution in [0, 0.1) is 6.92 Å². The Balaban J connectivity index is 2.08. The molecule has 0 saturated heterocycles. The van der Waals surface area contributed by atoms with E-state index in [4.69, 9.17) is 9.26 Å². The fourth-order valence-electron chi connectivity index (χ4n) is 1.31. The van der Waals surface area contributed by atoms with Crippen LogP contribution in [0.3, 0.4) is 0 Å². The summed E-state index contributed by atoms with van der Waals surface area (Å²) < 4.78 is 9.94. The Labute approximate surface area is 104 Å². The molecule has 0 radical (unpaired) electrons. The molecular formula is C10H14N6O2. The zero-order chi connectivity index (χ0) is 13.0. The first-order chi connectivity index (χ1) is 8.71. The van der Waals surface area contributed by atoms with Crippen LogP contribution in [-0.2, 0) is 6.54 Å². The summed E-state index contributed by atoms with van der Waals surface area (Å²) in [5.74, 6) is 1.60. The zero-order valence-corrected chi connectivity index (χ0v) is 10.4. The molecule has 0 fully saturated rings. The molecule has 2 aromatic rings. The molecule has 0 amide bonds. The molecule has 0 aromatic carbocycles. The number of nitrogens with one attached hydrogen (secondary N) is 2. The highest BCUT2D eigenvalue weighted by molar-refractivity contribution is 5.35. The monoisotopic (exact) mass is 250 g/mol. The van der Waals surface area contributed by atoms with Crippen molar-refractivity contribution in [1.82, 2.24) is 20.1 Å². The second-order valence-corrected chi connectivity index (χ2v) is 3.50. The number of methoxy groups -OCH3 is 1. The first-order valence-corrected chi connectivity index (χ1v) is 5.35. The Morgan fingerprint density at radius 2 is 2.06 bits per heavy atom. The molecule has 2 aromatic heterocycles. The average molecular weight is 250 g/mol. The second kappa shape index (κ2) is 5.30. The van der Waals surface area contributed by atoms with Gasteiger partial charge in [0.2, 0.25) is 11.9 Å². The molecule has 0 spiro atoms. The van der Waals surface area contributed by atoms with E-state index < -0.39 is 0 Å². The summed E-state index contributed by atoms with van der Waals surface area (Å²) >= 11 is 0. The number of aryl methyl sites for hydroxylation is 1. The van der Waals surface area contributed by atoms with E-state index in [2.05, 4.69) is 30.7 Å². The average Bonchev–Trinajstić information content (AvgIpc) is 2.81. The van der Waals surface area contributed by atoms with Crippen molar-refractivity contribution >= 4 is 11.9 Å². The smallest absolute Gasteiger partial charge is 0.322 e. The van der Waals surface area contributed by atoms with Crippen molar-refractivity contribution in [3.05, 3.63) is 17.5 Å². The first-order valence-electron chi connectivity index (χ1n) is 5.35. The van der Waals surface area contributed by atoms with Crippen molar-refractivity contribution in [3.63, 3.8) is 0 Å². The maximum atomic E-state index is 4.98. The molecule has 8 heteroatoms. The van der Waals surface area contributed by atoms with Gasteiger partial charge in [-0.15, -0.1) is 0 Å². The lowest BCUT2D eigenvalue weighted by Gasteiger charge is -2.06. The van der Waals surface area contributed by atoms with Crippen LogP contribution in [0.4, 0.5) is 11.9 Å². The van der Waals surface area contributed by atoms with Gasteiger partial charge in [-0.1, -0.05) is 5.16 Å². The van der Waals surface area contributed by atoms with Gasteiger partial charge in [0.1, 0.15) is 11.5 Å². The van der Waals surface area contributed by atoms with Gasteiger partial charge >= 0.3 is 6.01 Å². The molecule has 18 heavy (non-hydrogen) atoms. The summed E-state index contributed by atoms with van der Waals surface area (Å²) in [6.45, 7) is 2.30. The van der Waals surface area contributed by atoms with E-state index in [0.29, 0.717) is 18.4 Å². The summed E-state index contributed by atoms with van der Waals surface area (Å²) in [6, 6.07) is 2.08. The van der Waals surface area contributed by atoms with E-state index in [-0.39, 0.29) is 6.01 Å². The Morgan fingerprint density at radius 1 is 1.28 bits per heavy atom. The Kier molecular flexibility index (Phi) is 3.56. The third-order valence-electron chi connectivity index (χ3n) is 2.13. The number of ether oxygens (including phenoxy) is 1. The van der Waals surface area contributed by atoms with Crippen LogP contribution in [0.2, 0.25) is 0 Å². The van der Waals surface area contributed by atoms with E-state index in [0.717, 1.165) is 11.5 Å². The SMILES string of the molecule is CNc1nc(NCc2cc(C)on2)nc(OC)n1. The molecule has 2 N–H and O–H groups in total. The van der Waals surface area contributed by atoms with Crippen LogP contribution in [-0.4, -0.2) is 34.3 Å². The van der Waals surface area contributed by atoms with E-state index in [1.807, 2.05) is 13.0 Å². The molecular weight excluding hydrogens is 236 g/mol. The summed E-state index contributed by atoms with van der Waals surface area (Å²) in [7, 11) is 3.22. The van der Waals surface area contributed by atoms with Crippen molar-refractivity contribution in [2.24, 2.45) is 0 Å². The van der Waals surface area contributed by atoms with Crippen molar-refractivity contribution in [2.45, 2.75) is 13.5 Å².